The molecule has 0 saturated heterocycles. The average molecular weight is 374 g/mol. The predicted octanol–water partition coefficient (Wildman–Crippen LogP) is 3.87. The summed E-state index contributed by atoms with van der Waals surface area (Å²) in [5.41, 5.74) is 2.27. The molecule has 1 heterocycles. The van der Waals surface area contributed by atoms with E-state index in [-0.39, 0.29) is 30.1 Å². The maximum Gasteiger partial charge on any atom is 0.261 e. The Balaban J connectivity index is 1.51. The minimum atomic E-state index is -0.388. The Morgan fingerprint density at radius 2 is 1.50 bits per heavy atom. The molecule has 0 saturated carbocycles. The first-order valence-electron chi connectivity index (χ1n) is 8.64. The van der Waals surface area contributed by atoms with E-state index in [4.69, 9.17) is 0 Å². The van der Waals surface area contributed by atoms with Crippen molar-refractivity contribution in [3.63, 3.8) is 0 Å². The van der Waals surface area contributed by atoms with Crippen LogP contribution >= 0.6 is 0 Å². The van der Waals surface area contributed by atoms with Gasteiger partial charge in [-0.2, -0.15) is 0 Å². The summed E-state index contributed by atoms with van der Waals surface area (Å²) >= 11 is 0. The molecule has 1 N–H and O–H groups in total. The highest BCUT2D eigenvalue weighted by Crippen LogP contribution is 2.24. The fourth-order valence-corrected chi connectivity index (χ4v) is 3.11. The molecule has 0 aliphatic carbocycles. The molecule has 4 rings (SSSR count). The van der Waals surface area contributed by atoms with Gasteiger partial charge < -0.3 is 5.32 Å². The van der Waals surface area contributed by atoms with Crippen molar-refractivity contribution in [2.24, 2.45) is 0 Å². The topological polar surface area (TPSA) is 66.5 Å². The number of hydrogen-bond donors (Lipinski definition) is 1. The minimum absolute atomic E-state index is 0.0734. The molecule has 0 fully saturated rings. The van der Waals surface area contributed by atoms with Crippen LogP contribution in [0.15, 0.2) is 72.8 Å². The van der Waals surface area contributed by atoms with Crippen LogP contribution in [0.3, 0.4) is 0 Å². The molecule has 1 aliphatic heterocycles. The lowest BCUT2D eigenvalue weighted by molar-refractivity contribution is 0.0642. The summed E-state index contributed by atoms with van der Waals surface area (Å²) in [6.45, 7) is 0.0734. The van der Waals surface area contributed by atoms with E-state index in [0.717, 1.165) is 0 Å². The summed E-state index contributed by atoms with van der Waals surface area (Å²) in [6.07, 6.45) is 0. The number of nitrogens with zero attached hydrogens (tertiary/aromatic N) is 1. The average Bonchev–Trinajstić information content (AvgIpc) is 2.95. The second-order valence-electron chi connectivity index (χ2n) is 6.40. The highest BCUT2D eigenvalue weighted by Gasteiger charge is 2.34. The summed E-state index contributed by atoms with van der Waals surface area (Å²) in [4.78, 5) is 38.6. The Morgan fingerprint density at radius 3 is 2.14 bits per heavy atom. The SMILES string of the molecule is O=C(Nc1ccc(F)cc1)c1cccc(CN2C(=O)c3ccccc3C2=O)c1. The molecule has 0 aromatic heterocycles. The van der Waals surface area contributed by atoms with Crippen LogP contribution in [0.25, 0.3) is 0 Å². The Hall–Kier alpha value is -3.80. The Morgan fingerprint density at radius 1 is 0.857 bits per heavy atom. The number of carbonyl (C=O) groups is 3. The first-order chi connectivity index (χ1) is 13.5. The lowest BCUT2D eigenvalue weighted by Gasteiger charge is -2.14. The molecule has 5 nitrogen and oxygen atoms in total. The van der Waals surface area contributed by atoms with Crippen LogP contribution in [0.1, 0.15) is 36.6 Å². The van der Waals surface area contributed by atoms with Crippen molar-refractivity contribution >= 4 is 23.4 Å². The lowest BCUT2D eigenvalue weighted by Crippen LogP contribution is -2.29. The zero-order chi connectivity index (χ0) is 19.7. The zero-order valence-electron chi connectivity index (χ0n) is 14.7. The Kier molecular flexibility index (Phi) is 4.45. The van der Waals surface area contributed by atoms with Crippen molar-refractivity contribution in [3.8, 4) is 0 Å². The third-order valence-corrected chi connectivity index (χ3v) is 4.51. The van der Waals surface area contributed by atoms with Crippen molar-refractivity contribution in [2.75, 3.05) is 5.32 Å². The zero-order valence-corrected chi connectivity index (χ0v) is 14.7. The lowest BCUT2D eigenvalue weighted by atomic mass is 10.1. The number of amides is 3. The second-order valence-corrected chi connectivity index (χ2v) is 6.40. The van der Waals surface area contributed by atoms with Gasteiger partial charge in [0, 0.05) is 11.3 Å². The van der Waals surface area contributed by atoms with Crippen LogP contribution < -0.4 is 5.32 Å². The van der Waals surface area contributed by atoms with Gasteiger partial charge in [-0.05, 0) is 54.1 Å². The van der Waals surface area contributed by atoms with E-state index in [1.807, 2.05) is 0 Å². The van der Waals surface area contributed by atoms with Crippen LogP contribution in [0, 0.1) is 5.82 Å². The van der Waals surface area contributed by atoms with Gasteiger partial charge in [0.05, 0.1) is 17.7 Å². The maximum absolute atomic E-state index is 13.0. The summed E-state index contributed by atoms with van der Waals surface area (Å²) in [5, 5.41) is 2.68. The van der Waals surface area contributed by atoms with Crippen molar-refractivity contribution in [1.82, 2.24) is 4.90 Å². The van der Waals surface area contributed by atoms with E-state index in [1.54, 1.807) is 48.5 Å². The molecule has 0 spiro atoms. The maximum atomic E-state index is 13.0. The number of fused-ring (bicyclic) bond motifs is 1. The minimum Gasteiger partial charge on any atom is -0.322 e. The van der Waals surface area contributed by atoms with E-state index < -0.39 is 0 Å². The molecule has 1 aliphatic rings. The third kappa shape index (κ3) is 3.27. The number of halogens is 1. The summed E-state index contributed by atoms with van der Waals surface area (Å²) in [5.74, 6) is -1.44. The van der Waals surface area contributed by atoms with Gasteiger partial charge in [0.1, 0.15) is 5.82 Å². The number of imide groups is 1. The number of hydrogen-bond acceptors (Lipinski definition) is 3. The first-order valence-corrected chi connectivity index (χ1v) is 8.64. The number of anilines is 1. The highest BCUT2D eigenvalue weighted by molar-refractivity contribution is 6.21. The monoisotopic (exact) mass is 374 g/mol. The third-order valence-electron chi connectivity index (χ3n) is 4.51. The standard InChI is InChI=1S/C22H15FN2O3/c23-16-8-10-17(11-9-16)24-20(26)15-5-3-4-14(12-15)13-25-21(27)18-6-1-2-7-19(18)22(25)28/h1-12H,13H2,(H,24,26). The molecule has 3 aromatic rings. The van der Waals surface area contributed by atoms with E-state index in [9.17, 15) is 18.8 Å². The molecule has 28 heavy (non-hydrogen) atoms. The van der Waals surface area contributed by atoms with Gasteiger partial charge in [-0.1, -0.05) is 24.3 Å². The number of rotatable bonds is 4. The van der Waals surface area contributed by atoms with E-state index in [2.05, 4.69) is 5.32 Å². The smallest absolute Gasteiger partial charge is 0.261 e. The molecule has 138 valence electrons. The summed E-state index contributed by atoms with van der Waals surface area (Å²) < 4.78 is 13.0. The molecule has 0 bridgehead atoms. The van der Waals surface area contributed by atoms with Crippen molar-refractivity contribution in [2.45, 2.75) is 6.54 Å². The van der Waals surface area contributed by atoms with Crippen molar-refractivity contribution in [3.05, 3.63) is 101 Å². The normalized spacial score (nSPS) is 12.8. The van der Waals surface area contributed by atoms with Gasteiger partial charge in [-0.3, -0.25) is 19.3 Å². The Bertz CT molecular complexity index is 1060. The van der Waals surface area contributed by atoms with E-state index in [0.29, 0.717) is 27.9 Å². The van der Waals surface area contributed by atoms with Crippen LogP contribution in [0.4, 0.5) is 10.1 Å². The largest absolute Gasteiger partial charge is 0.322 e. The first kappa shape index (κ1) is 17.6. The molecule has 3 amide bonds. The Labute approximate surface area is 160 Å². The fraction of sp³-hybridized carbons (Fsp3) is 0.0455. The van der Waals surface area contributed by atoms with Gasteiger partial charge in [0.25, 0.3) is 17.7 Å². The van der Waals surface area contributed by atoms with E-state index in [1.165, 1.54) is 29.2 Å². The van der Waals surface area contributed by atoms with E-state index >= 15 is 0 Å². The molecular weight excluding hydrogens is 359 g/mol. The van der Waals surface area contributed by atoms with Gasteiger partial charge in [0.2, 0.25) is 0 Å². The van der Waals surface area contributed by atoms with Crippen molar-refractivity contribution < 1.29 is 18.8 Å². The molecule has 0 radical (unpaired) electrons. The molecule has 3 aromatic carbocycles. The van der Waals surface area contributed by atoms with Gasteiger partial charge >= 0.3 is 0 Å². The van der Waals surface area contributed by atoms with Gasteiger partial charge in [0.15, 0.2) is 0 Å². The van der Waals surface area contributed by atoms with Crippen LogP contribution in [-0.2, 0) is 6.54 Å². The number of nitrogens with one attached hydrogen (secondary N) is 1. The molecular formula is C22H15FN2O3. The number of carbonyl (C=O) groups excluding carboxylic acids is 3. The fourth-order valence-electron chi connectivity index (χ4n) is 3.11. The van der Waals surface area contributed by atoms with Crippen LogP contribution in [0.2, 0.25) is 0 Å². The summed E-state index contributed by atoms with van der Waals surface area (Å²) in [6, 6.07) is 18.8. The van der Waals surface area contributed by atoms with Crippen LogP contribution in [0.5, 0.6) is 0 Å². The summed E-state index contributed by atoms with van der Waals surface area (Å²) in [7, 11) is 0. The molecule has 6 heteroatoms. The van der Waals surface area contributed by atoms with Crippen LogP contribution in [-0.4, -0.2) is 22.6 Å². The second kappa shape index (κ2) is 7.08. The van der Waals surface area contributed by atoms with Gasteiger partial charge in [-0.15, -0.1) is 0 Å². The molecule has 0 unspecified atom stereocenters. The van der Waals surface area contributed by atoms with Crippen molar-refractivity contribution in [1.29, 1.82) is 0 Å². The predicted molar refractivity (Wildman–Crippen MR) is 101 cm³/mol. The quantitative estimate of drug-likeness (QED) is 0.705. The molecule has 0 atom stereocenters. The van der Waals surface area contributed by atoms with Gasteiger partial charge in [-0.25, -0.2) is 4.39 Å². The highest BCUT2D eigenvalue weighted by atomic mass is 19.1. The number of benzene rings is 3.